The number of piperidine rings is 1. The highest BCUT2D eigenvalue weighted by atomic mass is 19.4. The third-order valence-corrected chi connectivity index (χ3v) is 3.77. The summed E-state index contributed by atoms with van der Waals surface area (Å²) in [5.41, 5.74) is 0.911. The standard InChI is InChI=1S/C16H20F3NO3/c1-2-22-15(21)13-7-9-20(10-8-13)11-12-3-5-14(6-4-12)23-16(17,18)19/h3-6,13H,2,7-11H2,1H3. The van der Waals surface area contributed by atoms with Gasteiger partial charge in [-0.1, -0.05) is 12.1 Å². The number of ether oxygens (including phenoxy) is 2. The average molecular weight is 331 g/mol. The van der Waals surface area contributed by atoms with Crippen molar-refractivity contribution in [1.82, 2.24) is 4.90 Å². The topological polar surface area (TPSA) is 38.8 Å². The Morgan fingerprint density at radius 3 is 2.35 bits per heavy atom. The van der Waals surface area contributed by atoms with Crippen molar-refractivity contribution in [2.24, 2.45) is 5.92 Å². The lowest BCUT2D eigenvalue weighted by atomic mass is 9.96. The first-order chi connectivity index (χ1) is 10.9. The maximum absolute atomic E-state index is 12.1. The fourth-order valence-electron chi connectivity index (χ4n) is 2.64. The second kappa shape index (κ2) is 7.68. The summed E-state index contributed by atoms with van der Waals surface area (Å²) in [7, 11) is 0. The Morgan fingerprint density at radius 2 is 1.83 bits per heavy atom. The minimum atomic E-state index is -4.67. The van der Waals surface area contributed by atoms with Crippen LogP contribution in [0.3, 0.4) is 0 Å². The molecule has 128 valence electrons. The van der Waals surface area contributed by atoms with E-state index in [9.17, 15) is 18.0 Å². The van der Waals surface area contributed by atoms with Crippen LogP contribution in [0.15, 0.2) is 24.3 Å². The average Bonchev–Trinajstić information content (AvgIpc) is 2.49. The summed E-state index contributed by atoms with van der Waals surface area (Å²) in [5.74, 6) is -0.406. The highest BCUT2D eigenvalue weighted by molar-refractivity contribution is 5.72. The van der Waals surface area contributed by atoms with Crippen LogP contribution in [0.4, 0.5) is 13.2 Å². The van der Waals surface area contributed by atoms with Crippen LogP contribution in [0.5, 0.6) is 5.75 Å². The molecule has 0 aliphatic carbocycles. The summed E-state index contributed by atoms with van der Waals surface area (Å²) >= 11 is 0. The number of likely N-dealkylation sites (tertiary alicyclic amines) is 1. The van der Waals surface area contributed by atoms with Crippen LogP contribution in [0, 0.1) is 5.92 Å². The number of nitrogens with zero attached hydrogens (tertiary/aromatic N) is 1. The van der Waals surface area contributed by atoms with Gasteiger partial charge < -0.3 is 9.47 Å². The van der Waals surface area contributed by atoms with E-state index < -0.39 is 6.36 Å². The molecule has 4 nitrogen and oxygen atoms in total. The summed E-state index contributed by atoms with van der Waals surface area (Å²) in [6.45, 7) is 4.36. The van der Waals surface area contributed by atoms with Gasteiger partial charge in [0.25, 0.3) is 0 Å². The van der Waals surface area contributed by atoms with Gasteiger partial charge in [-0.15, -0.1) is 13.2 Å². The Balaban J connectivity index is 1.81. The molecular weight excluding hydrogens is 311 g/mol. The van der Waals surface area contributed by atoms with E-state index in [4.69, 9.17) is 4.74 Å². The molecule has 23 heavy (non-hydrogen) atoms. The van der Waals surface area contributed by atoms with Crippen LogP contribution < -0.4 is 4.74 Å². The number of hydrogen-bond donors (Lipinski definition) is 0. The van der Waals surface area contributed by atoms with Crippen molar-refractivity contribution in [3.05, 3.63) is 29.8 Å². The van der Waals surface area contributed by atoms with Crippen molar-refractivity contribution in [3.8, 4) is 5.75 Å². The highest BCUT2D eigenvalue weighted by Crippen LogP contribution is 2.24. The lowest BCUT2D eigenvalue weighted by Gasteiger charge is -2.30. The zero-order chi connectivity index (χ0) is 16.9. The molecule has 0 N–H and O–H groups in total. The number of halogens is 3. The number of carbonyl (C=O) groups excluding carboxylic acids is 1. The first-order valence-electron chi connectivity index (χ1n) is 7.61. The number of carbonyl (C=O) groups is 1. The van der Waals surface area contributed by atoms with E-state index in [2.05, 4.69) is 9.64 Å². The Hall–Kier alpha value is -1.76. The van der Waals surface area contributed by atoms with Gasteiger partial charge in [0.2, 0.25) is 0 Å². The Kier molecular flexibility index (Phi) is 5.87. The van der Waals surface area contributed by atoms with Gasteiger partial charge in [-0.25, -0.2) is 0 Å². The molecule has 2 rings (SSSR count). The molecule has 1 aliphatic rings. The smallest absolute Gasteiger partial charge is 0.466 e. The van der Waals surface area contributed by atoms with Crippen LogP contribution in [0.25, 0.3) is 0 Å². The number of rotatable bonds is 5. The molecule has 0 aromatic heterocycles. The zero-order valence-corrected chi connectivity index (χ0v) is 12.9. The quantitative estimate of drug-likeness (QED) is 0.776. The van der Waals surface area contributed by atoms with Crippen molar-refractivity contribution in [1.29, 1.82) is 0 Å². The van der Waals surface area contributed by atoms with Gasteiger partial charge in [-0.2, -0.15) is 0 Å². The van der Waals surface area contributed by atoms with E-state index in [0.29, 0.717) is 13.2 Å². The summed E-state index contributed by atoms with van der Waals surface area (Å²) < 4.78 is 45.2. The maximum Gasteiger partial charge on any atom is 0.573 e. The second-order valence-electron chi connectivity index (χ2n) is 5.49. The van der Waals surface area contributed by atoms with Gasteiger partial charge in [0.1, 0.15) is 5.75 Å². The normalized spacial score (nSPS) is 17.0. The number of hydrogen-bond acceptors (Lipinski definition) is 4. The molecule has 0 saturated carbocycles. The third-order valence-electron chi connectivity index (χ3n) is 3.77. The monoisotopic (exact) mass is 331 g/mol. The van der Waals surface area contributed by atoms with Crippen LogP contribution in [0.2, 0.25) is 0 Å². The van der Waals surface area contributed by atoms with Crippen LogP contribution in [0.1, 0.15) is 25.3 Å². The molecule has 1 saturated heterocycles. The van der Waals surface area contributed by atoms with Gasteiger partial charge in [-0.3, -0.25) is 9.69 Å². The molecule has 0 radical (unpaired) electrons. The molecule has 0 amide bonds. The first kappa shape index (κ1) is 17.6. The van der Waals surface area contributed by atoms with Crippen LogP contribution >= 0.6 is 0 Å². The van der Waals surface area contributed by atoms with Crippen molar-refractivity contribution in [2.45, 2.75) is 32.7 Å². The number of esters is 1. The van der Waals surface area contributed by atoms with E-state index in [-0.39, 0.29) is 17.6 Å². The summed E-state index contributed by atoms with van der Waals surface area (Å²) in [6, 6.07) is 5.87. The van der Waals surface area contributed by atoms with E-state index in [1.54, 1.807) is 19.1 Å². The van der Waals surface area contributed by atoms with Gasteiger partial charge in [-0.05, 0) is 50.6 Å². The van der Waals surface area contributed by atoms with E-state index >= 15 is 0 Å². The summed E-state index contributed by atoms with van der Waals surface area (Å²) in [6.07, 6.45) is -3.18. The fourth-order valence-corrected chi connectivity index (χ4v) is 2.64. The number of benzene rings is 1. The third kappa shape index (κ3) is 5.74. The van der Waals surface area contributed by atoms with Crippen molar-refractivity contribution >= 4 is 5.97 Å². The van der Waals surface area contributed by atoms with Crippen molar-refractivity contribution < 1.29 is 27.4 Å². The molecule has 1 aliphatic heterocycles. The molecule has 0 spiro atoms. The molecular formula is C16H20F3NO3. The lowest BCUT2D eigenvalue weighted by Crippen LogP contribution is -2.36. The van der Waals surface area contributed by atoms with E-state index in [1.165, 1.54) is 12.1 Å². The van der Waals surface area contributed by atoms with Crippen LogP contribution in [-0.2, 0) is 16.1 Å². The van der Waals surface area contributed by atoms with E-state index in [0.717, 1.165) is 31.5 Å². The largest absolute Gasteiger partial charge is 0.573 e. The minimum Gasteiger partial charge on any atom is -0.466 e. The Labute approximate surface area is 133 Å². The molecule has 0 atom stereocenters. The highest BCUT2D eigenvalue weighted by Gasteiger charge is 2.31. The fraction of sp³-hybridized carbons (Fsp3) is 0.562. The first-order valence-corrected chi connectivity index (χ1v) is 7.61. The molecule has 0 unspecified atom stereocenters. The minimum absolute atomic E-state index is 0.0474. The van der Waals surface area contributed by atoms with Crippen LogP contribution in [-0.4, -0.2) is 36.9 Å². The van der Waals surface area contributed by atoms with Crippen molar-refractivity contribution in [2.75, 3.05) is 19.7 Å². The predicted molar refractivity (Wildman–Crippen MR) is 77.8 cm³/mol. The Morgan fingerprint density at radius 1 is 1.22 bits per heavy atom. The van der Waals surface area contributed by atoms with Gasteiger partial charge in [0, 0.05) is 6.54 Å². The lowest BCUT2D eigenvalue weighted by molar-refractivity contribution is -0.274. The summed E-state index contributed by atoms with van der Waals surface area (Å²) in [5, 5.41) is 0. The van der Waals surface area contributed by atoms with E-state index in [1.807, 2.05) is 0 Å². The summed E-state index contributed by atoms with van der Waals surface area (Å²) in [4.78, 5) is 13.8. The second-order valence-corrected chi connectivity index (χ2v) is 5.49. The van der Waals surface area contributed by atoms with Crippen molar-refractivity contribution in [3.63, 3.8) is 0 Å². The maximum atomic E-state index is 12.1. The molecule has 1 aromatic carbocycles. The molecule has 0 bridgehead atoms. The Bertz CT molecular complexity index is 508. The molecule has 1 heterocycles. The van der Waals surface area contributed by atoms with Gasteiger partial charge in [0.15, 0.2) is 0 Å². The predicted octanol–water partition coefficient (Wildman–Crippen LogP) is 3.36. The number of alkyl halides is 3. The molecule has 1 fully saturated rings. The van der Waals surface area contributed by atoms with Gasteiger partial charge in [0.05, 0.1) is 12.5 Å². The SMILES string of the molecule is CCOC(=O)C1CCN(Cc2ccc(OC(F)(F)F)cc2)CC1. The zero-order valence-electron chi connectivity index (χ0n) is 12.9. The molecule has 7 heteroatoms. The molecule has 1 aromatic rings. The van der Waals surface area contributed by atoms with Gasteiger partial charge >= 0.3 is 12.3 Å².